The minimum Gasteiger partial charge on any atom is -0.419 e. The summed E-state index contributed by atoms with van der Waals surface area (Å²) >= 11 is 2.92. The lowest BCUT2D eigenvalue weighted by Gasteiger charge is -2.01. The van der Waals surface area contributed by atoms with E-state index in [-0.39, 0.29) is 5.25 Å². The van der Waals surface area contributed by atoms with Crippen molar-refractivity contribution in [3.63, 3.8) is 0 Å². The number of aromatic nitrogens is 5. The van der Waals surface area contributed by atoms with Gasteiger partial charge in [-0.1, -0.05) is 29.5 Å². The summed E-state index contributed by atoms with van der Waals surface area (Å²) in [6.07, 6.45) is 0. The normalized spacial score (nSPS) is 12.4. The summed E-state index contributed by atoms with van der Waals surface area (Å²) in [5.74, 6) is 1.50. The van der Waals surface area contributed by atoms with Crippen molar-refractivity contribution in [2.75, 3.05) is 0 Å². The third kappa shape index (κ3) is 3.79. The average molecular weight is 400 g/mol. The molecule has 0 saturated carbocycles. The van der Waals surface area contributed by atoms with Crippen LogP contribution in [0.4, 0.5) is 0 Å². The standard InChI is InChI=1S/C18H17N5O2S2/c1-9-5-7-13(8-6-9)16-21-20-15(24-16)11(3)26-18-23-22-17(25-18)14-10(2)19-12(4)27-14/h5-8,11H,1-4H3. The van der Waals surface area contributed by atoms with Crippen LogP contribution >= 0.6 is 23.1 Å². The summed E-state index contributed by atoms with van der Waals surface area (Å²) in [5, 5.41) is 17.9. The van der Waals surface area contributed by atoms with Gasteiger partial charge >= 0.3 is 0 Å². The van der Waals surface area contributed by atoms with E-state index in [1.165, 1.54) is 17.3 Å². The summed E-state index contributed by atoms with van der Waals surface area (Å²) < 4.78 is 11.6. The zero-order valence-corrected chi connectivity index (χ0v) is 16.9. The van der Waals surface area contributed by atoms with Gasteiger partial charge in [-0.2, -0.15) is 0 Å². The Labute approximate surface area is 164 Å². The Morgan fingerprint density at radius 3 is 2.37 bits per heavy atom. The van der Waals surface area contributed by atoms with Gasteiger partial charge in [0.2, 0.25) is 11.8 Å². The molecule has 0 fully saturated rings. The fourth-order valence-corrected chi connectivity index (χ4v) is 4.05. The lowest BCUT2D eigenvalue weighted by Crippen LogP contribution is -1.88. The molecule has 0 N–H and O–H groups in total. The number of aryl methyl sites for hydroxylation is 3. The maximum absolute atomic E-state index is 5.82. The predicted molar refractivity (Wildman–Crippen MR) is 104 cm³/mol. The van der Waals surface area contributed by atoms with Crippen molar-refractivity contribution in [1.82, 2.24) is 25.4 Å². The summed E-state index contributed by atoms with van der Waals surface area (Å²) in [7, 11) is 0. The highest BCUT2D eigenvalue weighted by molar-refractivity contribution is 7.99. The van der Waals surface area contributed by atoms with E-state index in [2.05, 4.69) is 25.4 Å². The van der Waals surface area contributed by atoms with Crippen LogP contribution in [0.3, 0.4) is 0 Å². The second-order valence-corrected chi connectivity index (χ2v) is 8.59. The molecule has 7 nitrogen and oxygen atoms in total. The van der Waals surface area contributed by atoms with Crippen LogP contribution in [-0.2, 0) is 0 Å². The van der Waals surface area contributed by atoms with Gasteiger partial charge in [-0.05, 0) is 39.8 Å². The SMILES string of the molecule is Cc1ccc(-c2nnc(C(C)Sc3nnc(-c4sc(C)nc4C)o3)o2)cc1. The van der Waals surface area contributed by atoms with E-state index in [0.717, 1.165) is 21.1 Å². The molecule has 3 aromatic heterocycles. The van der Waals surface area contributed by atoms with Crippen molar-refractivity contribution in [3.8, 4) is 22.2 Å². The Morgan fingerprint density at radius 2 is 1.67 bits per heavy atom. The number of hydrogen-bond donors (Lipinski definition) is 0. The Hall–Kier alpha value is -2.52. The molecule has 0 amide bonds. The highest BCUT2D eigenvalue weighted by Gasteiger charge is 2.21. The Morgan fingerprint density at radius 1 is 0.926 bits per heavy atom. The van der Waals surface area contributed by atoms with E-state index in [1.807, 2.05) is 52.0 Å². The van der Waals surface area contributed by atoms with E-state index in [9.17, 15) is 0 Å². The van der Waals surface area contributed by atoms with Crippen LogP contribution in [0.15, 0.2) is 38.3 Å². The van der Waals surface area contributed by atoms with E-state index < -0.39 is 0 Å². The van der Waals surface area contributed by atoms with E-state index in [4.69, 9.17) is 8.83 Å². The van der Waals surface area contributed by atoms with Gasteiger partial charge in [0.15, 0.2) is 0 Å². The number of nitrogens with zero attached hydrogens (tertiary/aromatic N) is 5. The first kappa shape index (κ1) is 17.9. The van der Waals surface area contributed by atoms with Crippen LogP contribution in [0, 0.1) is 20.8 Å². The van der Waals surface area contributed by atoms with E-state index in [1.54, 1.807) is 11.3 Å². The molecule has 0 aliphatic rings. The summed E-state index contributed by atoms with van der Waals surface area (Å²) in [4.78, 5) is 5.29. The molecular formula is C18H17N5O2S2. The molecule has 0 bridgehead atoms. The largest absolute Gasteiger partial charge is 0.419 e. The minimum absolute atomic E-state index is 0.116. The first-order valence-electron chi connectivity index (χ1n) is 8.34. The van der Waals surface area contributed by atoms with Gasteiger partial charge in [-0.25, -0.2) is 4.98 Å². The number of rotatable bonds is 5. The van der Waals surface area contributed by atoms with Crippen LogP contribution < -0.4 is 0 Å². The van der Waals surface area contributed by atoms with Gasteiger partial charge < -0.3 is 8.83 Å². The van der Waals surface area contributed by atoms with Crippen molar-refractivity contribution in [1.29, 1.82) is 0 Å². The van der Waals surface area contributed by atoms with Crippen molar-refractivity contribution in [2.45, 2.75) is 38.2 Å². The first-order chi connectivity index (χ1) is 13.0. The topological polar surface area (TPSA) is 90.7 Å². The molecule has 1 atom stereocenters. The molecular weight excluding hydrogens is 382 g/mol. The lowest BCUT2D eigenvalue weighted by atomic mass is 10.1. The predicted octanol–water partition coefficient (Wildman–Crippen LogP) is 5.02. The zero-order chi connectivity index (χ0) is 19.0. The van der Waals surface area contributed by atoms with Crippen molar-refractivity contribution >= 4 is 23.1 Å². The van der Waals surface area contributed by atoms with Gasteiger partial charge in [0.05, 0.1) is 16.0 Å². The van der Waals surface area contributed by atoms with E-state index in [0.29, 0.717) is 22.9 Å². The molecule has 0 aliphatic carbocycles. The molecule has 1 aromatic carbocycles. The van der Waals surface area contributed by atoms with E-state index >= 15 is 0 Å². The van der Waals surface area contributed by atoms with Crippen LogP contribution in [0.2, 0.25) is 0 Å². The molecule has 0 aliphatic heterocycles. The monoisotopic (exact) mass is 399 g/mol. The molecule has 1 unspecified atom stereocenters. The van der Waals surface area contributed by atoms with Gasteiger partial charge in [-0.15, -0.1) is 31.7 Å². The summed E-state index contributed by atoms with van der Waals surface area (Å²) in [5.41, 5.74) is 2.97. The van der Waals surface area contributed by atoms with Gasteiger partial charge in [0.1, 0.15) is 4.88 Å². The fourth-order valence-electron chi connectivity index (χ4n) is 2.49. The highest BCUT2D eigenvalue weighted by Crippen LogP contribution is 2.37. The number of thioether (sulfide) groups is 1. The first-order valence-corrected chi connectivity index (χ1v) is 10.0. The average Bonchev–Trinajstić information content (AvgIpc) is 3.35. The van der Waals surface area contributed by atoms with Crippen molar-refractivity contribution in [3.05, 3.63) is 46.4 Å². The summed E-state index contributed by atoms with van der Waals surface area (Å²) in [6, 6.07) is 7.96. The smallest absolute Gasteiger partial charge is 0.277 e. The van der Waals surface area contributed by atoms with Crippen molar-refractivity contribution in [2.24, 2.45) is 0 Å². The van der Waals surface area contributed by atoms with Crippen LogP contribution in [0.5, 0.6) is 0 Å². The van der Waals surface area contributed by atoms with Gasteiger partial charge in [0, 0.05) is 5.56 Å². The molecule has 0 spiro atoms. The Kier molecular flexibility index (Phi) is 4.79. The molecule has 0 saturated heterocycles. The Bertz CT molecular complexity index is 1070. The third-order valence-corrected chi connectivity index (χ3v) is 5.85. The van der Waals surface area contributed by atoms with Crippen molar-refractivity contribution < 1.29 is 8.83 Å². The fraction of sp³-hybridized carbons (Fsp3) is 0.278. The second-order valence-electron chi connectivity index (χ2n) is 6.09. The molecule has 0 radical (unpaired) electrons. The highest BCUT2D eigenvalue weighted by atomic mass is 32.2. The molecule has 138 valence electrons. The molecule has 4 aromatic rings. The number of benzene rings is 1. The molecule has 27 heavy (non-hydrogen) atoms. The lowest BCUT2D eigenvalue weighted by molar-refractivity contribution is 0.462. The molecule has 4 rings (SSSR count). The maximum atomic E-state index is 5.82. The van der Waals surface area contributed by atoms with Gasteiger partial charge in [0.25, 0.3) is 11.1 Å². The number of thiazole rings is 1. The Balaban J connectivity index is 1.49. The quantitative estimate of drug-likeness (QED) is 0.432. The summed E-state index contributed by atoms with van der Waals surface area (Å²) in [6.45, 7) is 7.89. The zero-order valence-electron chi connectivity index (χ0n) is 15.3. The van der Waals surface area contributed by atoms with Crippen LogP contribution in [0.1, 0.15) is 34.3 Å². The molecule has 3 heterocycles. The second kappa shape index (κ2) is 7.24. The van der Waals surface area contributed by atoms with Crippen LogP contribution in [-0.4, -0.2) is 25.4 Å². The molecule has 9 heteroatoms. The van der Waals surface area contributed by atoms with Gasteiger partial charge in [-0.3, -0.25) is 0 Å². The minimum atomic E-state index is -0.116. The third-order valence-electron chi connectivity index (χ3n) is 3.87. The van der Waals surface area contributed by atoms with Crippen LogP contribution in [0.25, 0.3) is 22.2 Å². The maximum Gasteiger partial charge on any atom is 0.277 e. The number of hydrogen-bond acceptors (Lipinski definition) is 9.